The molecule has 0 saturated carbocycles. The largest absolute Gasteiger partial charge is 0.463 e. The summed E-state index contributed by atoms with van der Waals surface area (Å²) in [6.07, 6.45) is -1.58. The normalized spacial score (nSPS) is 14.7. The van der Waals surface area contributed by atoms with Crippen molar-refractivity contribution in [1.82, 2.24) is 5.32 Å². The van der Waals surface area contributed by atoms with Crippen molar-refractivity contribution in [2.75, 3.05) is 6.61 Å². The molecule has 2 N–H and O–H groups in total. The second kappa shape index (κ2) is 6.44. The van der Waals surface area contributed by atoms with Crippen LogP contribution in [0.3, 0.4) is 0 Å². The second-order valence-electron chi connectivity index (χ2n) is 4.80. The van der Waals surface area contributed by atoms with Crippen LogP contribution in [0.5, 0.6) is 0 Å². The van der Waals surface area contributed by atoms with Gasteiger partial charge in [-0.1, -0.05) is 0 Å². The van der Waals surface area contributed by atoms with Crippen molar-refractivity contribution in [2.45, 2.75) is 52.4 Å². The minimum atomic E-state index is -0.966. The zero-order chi connectivity index (χ0) is 13.6. The molecule has 0 aromatic carbocycles. The van der Waals surface area contributed by atoms with Crippen LogP contribution < -0.4 is 5.32 Å². The molecule has 2 atom stereocenters. The lowest BCUT2D eigenvalue weighted by molar-refractivity contribution is -0.144. The van der Waals surface area contributed by atoms with E-state index < -0.39 is 29.8 Å². The third-order valence-electron chi connectivity index (χ3n) is 1.78. The first-order valence-corrected chi connectivity index (χ1v) is 5.43. The molecule has 1 amide bonds. The van der Waals surface area contributed by atoms with Gasteiger partial charge in [0.25, 0.3) is 0 Å². The Hall–Kier alpha value is -1.30. The smallest absolute Gasteiger partial charge is 0.407 e. The van der Waals surface area contributed by atoms with Crippen molar-refractivity contribution in [3.8, 4) is 0 Å². The van der Waals surface area contributed by atoms with Crippen LogP contribution >= 0.6 is 0 Å². The Morgan fingerprint density at radius 2 is 1.88 bits per heavy atom. The van der Waals surface area contributed by atoms with E-state index in [4.69, 9.17) is 4.74 Å². The van der Waals surface area contributed by atoms with Gasteiger partial charge in [0.2, 0.25) is 0 Å². The van der Waals surface area contributed by atoms with Crippen LogP contribution in [-0.2, 0) is 14.3 Å². The summed E-state index contributed by atoms with van der Waals surface area (Å²) in [5.74, 6) is -0.478. The summed E-state index contributed by atoms with van der Waals surface area (Å²) in [4.78, 5) is 21.9. The van der Waals surface area contributed by atoms with Crippen LogP contribution in [0, 0.1) is 0 Å². The summed E-state index contributed by atoms with van der Waals surface area (Å²) < 4.78 is 9.64. The van der Waals surface area contributed by atoms with Gasteiger partial charge in [-0.15, -0.1) is 0 Å². The number of nitrogens with one attached hydrogen (secondary N) is 1. The molecule has 0 aromatic heterocycles. The summed E-state index contributed by atoms with van der Waals surface area (Å²) in [5.41, 5.74) is -0.593. The lowest BCUT2D eigenvalue weighted by Gasteiger charge is -2.24. The number of amides is 1. The molecule has 0 heterocycles. The molecule has 0 aliphatic heterocycles. The highest BCUT2D eigenvalue weighted by molar-refractivity contribution is 5.68. The fourth-order valence-electron chi connectivity index (χ4n) is 0.937. The van der Waals surface area contributed by atoms with E-state index in [-0.39, 0.29) is 6.61 Å². The van der Waals surface area contributed by atoms with Gasteiger partial charge in [0, 0.05) is 6.92 Å². The number of hydrogen-bond donors (Lipinski definition) is 2. The lowest BCUT2D eigenvalue weighted by Crippen LogP contribution is -2.45. The maximum atomic E-state index is 11.4. The quantitative estimate of drug-likeness (QED) is 0.718. The van der Waals surface area contributed by atoms with Crippen LogP contribution in [0.15, 0.2) is 0 Å². The van der Waals surface area contributed by atoms with E-state index in [1.807, 2.05) is 0 Å². The number of esters is 1. The summed E-state index contributed by atoms with van der Waals surface area (Å²) in [5, 5.41) is 12.0. The van der Waals surface area contributed by atoms with Crippen LogP contribution in [0.1, 0.15) is 34.6 Å². The molecule has 0 bridgehead atoms. The Morgan fingerprint density at radius 3 is 2.29 bits per heavy atom. The number of rotatable bonds is 4. The lowest BCUT2D eigenvalue weighted by atomic mass is 10.2. The Balaban J connectivity index is 4.03. The number of aliphatic hydroxyl groups excluding tert-OH is 1. The van der Waals surface area contributed by atoms with E-state index >= 15 is 0 Å². The van der Waals surface area contributed by atoms with E-state index in [1.54, 1.807) is 27.7 Å². The fraction of sp³-hybridized carbons (Fsp3) is 0.818. The molecule has 0 rings (SSSR count). The first-order chi connectivity index (χ1) is 7.61. The van der Waals surface area contributed by atoms with Crippen LogP contribution in [-0.4, -0.2) is 41.5 Å². The van der Waals surface area contributed by atoms with Gasteiger partial charge < -0.3 is 19.9 Å². The number of ether oxygens (including phenoxy) is 2. The summed E-state index contributed by atoms with van der Waals surface area (Å²) in [6, 6.07) is -0.566. The second-order valence-corrected chi connectivity index (χ2v) is 4.80. The molecule has 0 fully saturated rings. The molecular formula is C11H21NO5. The molecule has 2 unspecified atom stereocenters. The Bertz CT molecular complexity index is 272. The van der Waals surface area contributed by atoms with Gasteiger partial charge in [-0.2, -0.15) is 0 Å². The molecule has 0 aliphatic carbocycles. The minimum absolute atomic E-state index is 0.160. The maximum absolute atomic E-state index is 11.4. The monoisotopic (exact) mass is 247 g/mol. The van der Waals surface area contributed by atoms with E-state index in [1.165, 1.54) is 6.92 Å². The van der Waals surface area contributed by atoms with Crippen molar-refractivity contribution < 1.29 is 24.2 Å². The SMILES string of the molecule is CC(=O)OCC(O)C(C)NC(=O)OC(C)(C)C. The number of aliphatic hydroxyl groups is 1. The van der Waals surface area contributed by atoms with Crippen molar-refractivity contribution in [1.29, 1.82) is 0 Å². The molecule has 0 spiro atoms. The maximum Gasteiger partial charge on any atom is 0.407 e. The number of carbonyl (C=O) groups is 2. The highest BCUT2D eigenvalue weighted by atomic mass is 16.6. The van der Waals surface area contributed by atoms with Crippen molar-refractivity contribution in [2.24, 2.45) is 0 Å². The van der Waals surface area contributed by atoms with Gasteiger partial charge in [-0.3, -0.25) is 4.79 Å². The van der Waals surface area contributed by atoms with Crippen molar-refractivity contribution in [3.63, 3.8) is 0 Å². The predicted octanol–water partition coefficient (Wildman–Crippen LogP) is 0.824. The summed E-state index contributed by atoms with van der Waals surface area (Å²) >= 11 is 0. The van der Waals surface area contributed by atoms with Gasteiger partial charge in [-0.25, -0.2) is 4.79 Å². The predicted molar refractivity (Wildman–Crippen MR) is 61.5 cm³/mol. The summed E-state index contributed by atoms with van der Waals surface area (Å²) in [6.45, 7) is 7.91. The molecule has 0 aromatic rings. The van der Waals surface area contributed by atoms with E-state index in [9.17, 15) is 14.7 Å². The van der Waals surface area contributed by atoms with E-state index in [0.717, 1.165) is 0 Å². The fourth-order valence-corrected chi connectivity index (χ4v) is 0.937. The number of hydrogen-bond acceptors (Lipinski definition) is 5. The first-order valence-electron chi connectivity index (χ1n) is 5.43. The first kappa shape index (κ1) is 15.7. The Labute approximate surface area is 101 Å². The Kier molecular flexibility index (Phi) is 5.95. The molecule has 17 heavy (non-hydrogen) atoms. The van der Waals surface area contributed by atoms with Gasteiger partial charge >= 0.3 is 12.1 Å². The standard InChI is InChI=1S/C11H21NO5/c1-7(9(14)6-16-8(2)13)12-10(15)17-11(3,4)5/h7,9,14H,6H2,1-5H3,(H,12,15). The van der Waals surface area contributed by atoms with Crippen LogP contribution in [0.4, 0.5) is 4.79 Å². The van der Waals surface area contributed by atoms with Crippen molar-refractivity contribution >= 4 is 12.1 Å². The summed E-state index contributed by atoms with van der Waals surface area (Å²) in [7, 11) is 0. The minimum Gasteiger partial charge on any atom is -0.463 e. The van der Waals surface area contributed by atoms with Gasteiger partial charge in [0.05, 0.1) is 6.04 Å². The van der Waals surface area contributed by atoms with Gasteiger partial charge in [0.15, 0.2) is 0 Å². The average Bonchev–Trinajstić information content (AvgIpc) is 2.10. The highest BCUT2D eigenvalue weighted by Crippen LogP contribution is 2.07. The Morgan fingerprint density at radius 1 is 1.35 bits per heavy atom. The third kappa shape index (κ3) is 8.50. The van der Waals surface area contributed by atoms with Crippen LogP contribution in [0.2, 0.25) is 0 Å². The number of carbonyl (C=O) groups excluding carboxylic acids is 2. The molecule has 100 valence electrons. The third-order valence-corrected chi connectivity index (χ3v) is 1.78. The van der Waals surface area contributed by atoms with Crippen LogP contribution in [0.25, 0.3) is 0 Å². The zero-order valence-corrected chi connectivity index (χ0v) is 10.9. The van der Waals surface area contributed by atoms with E-state index in [2.05, 4.69) is 10.1 Å². The average molecular weight is 247 g/mol. The molecule has 6 nitrogen and oxygen atoms in total. The topological polar surface area (TPSA) is 84.9 Å². The molecular weight excluding hydrogens is 226 g/mol. The molecule has 6 heteroatoms. The molecule has 0 radical (unpaired) electrons. The van der Waals surface area contributed by atoms with Gasteiger partial charge in [0.1, 0.15) is 18.3 Å². The van der Waals surface area contributed by atoms with E-state index in [0.29, 0.717) is 0 Å². The molecule has 0 saturated heterocycles. The van der Waals surface area contributed by atoms with Gasteiger partial charge in [-0.05, 0) is 27.7 Å². The highest BCUT2D eigenvalue weighted by Gasteiger charge is 2.21. The van der Waals surface area contributed by atoms with Crippen molar-refractivity contribution in [3.05, 3.63) is 0 Å². The zero-order valence-electron chi connectivity index (χ0n) is 10.9. The molecule has 0 aliphatic rings. The number of alkyl carbamates (subject to hydrolysis) is 1.